The molecule has 0 spiro atoms. The average Bonchev–Trinajstić information content (AvgIpc) is 3.01. The van der Waals surface area contributed by atoms with Gasteiger partial charge in [-0.1, -0.05) is 12.1 Å². The first kappa shape index (κ1) is 20.3. The van der Waals surface area contributed by atoms with Crippen molar-refractivity contribution < 1.29 is 18.7 Å². The zero-order valence-electron chi connectivity index (χ0n) is 16.7. The third-order valence-corrected chi connectivity index (χ3v) is 4.68. The average molecular weight is 394 g/mol. The Hall–Kier alpha value is -3.41. The molecule has 1 aromatic heterocycles. The summed E-state index contributed by atoms with van der Waals surface area (Å²) in [5.74, 6) is -0.848. The van der Waals surface area contributed by atoms with Crippen molar-refractivity contribution in [2.75, 3.05) is 18.5 Å². The fraction of sp³-hybridized carbons (Fsp3) is 0.217. The van der Waals surface area contributed by atoms with Gasteiger partial charge in [0.15, 0.2) is 5.78 Å². The molecule has 3 aromatic rings. The van der Waals surface area contributed by atoms with Gasteiger partial charge in [-0.25, -0.2) is 9.18 Å². The fourth-order valence-electron chi connectivity index (χ4n) is 3.33. The normalized spacial score (nSPS) is 10.6. The van der Waals surface area contributed by atoms with Gasteiger partial charge in [0.05, 0.1) is 18.7 Å². The maximum Gasteiger partial charge on any atom is 0.340 e. The Morgan fingerprint density at radius 2 is 1.72 bits per heavy atom. The molecule has 29 heavy (non-hydrogen) atoms. The minimum Gasteiger partial charge on any atom is -0.462 e. The van der Waals surface area contributed by atoms with Gasteiger partial charge in [0.1, 0.15) is 5.82 Å². The number of nitrogens with zero attached hydrogens (tertiary/aromatic N) is 1. The van der Waals surface area contributed by atoms with Gasteiger partial charge in [-0.3, -0.25) is 4.79 Å². The Morgan fingerprint density at radius 1 is 1.03 bits per heavy atom. The second-order valence-electron chi connectivity index (χ2n) is 6.64. The van der Waals surface area contributed by atoms with E-state index in [-0.39, 0.29) is 24.8 Å². The number of halogens is 1. The van der Waals surface area contributed by atoms with E-state index in [9.17, 15) is 14.0 Å². The van der Waals surface area contributed by atoms with E-state index in [0.717, 1.165) is 17.1 Å². The van der Waals surface area contributed by atoms with Gasteiger partial charge in [0, 0.05) is 28.3 Å². The van der Waals surface area contributed by atoms with Crippen molar-refractivity contribution in [2.24, 2.45) is 0 Å². The number of benzene rings is 2. The highest BCUT2D eigenvalue weighted by atomic mass is 19.1. The summed E-state index contributed by atoms with van der Waals surface area (Å²) in [5.41, 5.74) is 3.96. The Kier molecular flexibility index (Phi) is 6.12. The summed E-state index contributed by atoms with van der Waals surface area (Å²) in [4.78, 5) is 24.9. The molecule has 0 bridgehead atoms. The molecule has 0 atom stereocenters. The molecule has 3 rings (SSSR count). The minimum atomic E-state index is -0.433. The molecule has 0 saturated carbocycles. The lowest BCUT2D eigenvalue weighted by Crippen LogP contribution is -2.17. The SMILES string of the molecule is CCOC(=O)c1ccccc1NCC(=O)c1cc(C)n(-c2ccc(F)cc2)c1C. The molecule has 0 fully saturated rings. The van der Waals surface area contributed by atoms with Crippen molar-refractivity contribution in [3.05, 3.63) is 82.9 Å². The standard InChI is InChI=1S/C23H23FN2O3/c1-4-29-23(28)19-7-5-6-8-21(19)25-14-22(27)20-13-15(2)26(16(20)3)18-11-9-17(24)10-12-18/h5-13,25H,4,14H2,1-3H3. The lowest BCUT2D eigenvalue weighted by Gasteiger charge is -2.12. The zero-order valence-corrected chi connectivity index (χ0v) is 16.7. The number of Topliss-reactive ketones (excluding diaryl/α,β-unsaturated/α-hetero) is 1. The summed E-state index contributed by atoms with van der Waals surface area (Å²) >= 11 is 0. The van der Waals surface area contributed by atoms with E-state index >= 15 is 0 Å². The molecule has 2 aromatic carbocycles. The number of para-hydroxylation sites is 1. The van der Waals surface area contributed by atoms with Crippen molar-refractivity contribution in [3.8, 4) is 5.69 Å². The number of carbonyl (C=O) groups excluding carboxylic acids is 2. The first-order valence-electron chi connectivity index (χ1n) is 9.40. The third kappa shape index (κ3) is 4.37. The summed E-state index contributed by atoms with van der Waals surface area (Å²) in [6, 6.07) is 14.9. The lowest BCUT2D eigenvalue weighted by atomic mass is 10.1. The topological polar surface area (TPSA) is 60.3 Å². The quantitative estimate of drug-likeness (QED) is 0.466. The first-order valence-corrected chi connectivity index (χ1v) is 9.40. The number of ketones is 1. The zero-order chi connectivity index (χ0) is 21.0. The Labute approximate surface area is 169 Å². The van der Waals surface area contributed by atoms with Crippen molar-refractivity contribution in [1.29, 1.82) is 0 Å². The maximum absolute atomic E-state index is 13.2. The minimum absolute atomic E-state index is 0.0319. The highest BCUT2D eigenvalue weighted by Crippen LogP contribution is 2.22. The Bertz CT molecular complexity index is 1040. The molecule has 6 heteroatoms. The molecule has 0 aliphatic heterocycles. The van der Waals surface area contributed by atoms with Crippen LogP contribution in [-0.4, -0.2) is 29.5 Å². The molecule has 1 N–H and O–H groups in total. The predicted molar refractivity (Wildman–Crippen MR) is 110 cm³/mol. The molecule has 150 valence electrons. The number of esters is 1. The van der Waals surface area contributed by atoms with Crippen LogP contribution in [0.1, 0.15) is 39.0 Å². The number of ether oxygens (including phenoxy) is 1. The van der Waals surface area contributed by atoms with Crippen molar-refractivity contribution >= 4 is 17.4 Å². The molecule has 1 heterocycles. The van der Waals surface area contributed by atoms with Crippen LogP contribution in [0.2, 0.25) is 0 Å². The molecule has 0 unspecified atom stereocenters. The van der Waals surface area contributed by atoms with Crippen LogP contribution < -0.4 is 5.32 Å². The molecule has 0 saturated heterocycles. The number of carbonyl (C=O) groups is 2. The van der Waals surface area contributed by atoms with Gasteiger partial charge in [-0.05, 0) is 63.2 Å². The van der Waals surface area contributed by atoms with Gasteiger partial charge in [-0.15, -0.1) is 0 Å². The van der Waals surface area contributed by atoms with Crippen molar-refractivity contribution in [1.82, 2.24) is 4.57 Å². The molecule has 0 aliphatic rings. The van der Waals surface area contributed by atoms with Crippen LogP contribution in [0.25, 0.3) is 5.69 Å². The largest absolute Gasteiger partial charge is 0.462 e. The number of rotatable bonds is 7. The van der Waals surface area contributed by atoms with E-state index in [1.165, 1.54) is 12.1 Å². The Morgan fingerprint density at radius 3 is 2.41 bits per heavy atom. The van der Waals surface area contributed by atoms with Gasteiger partial charge >= 0.3 is 5.97 Å². The van der Waals surface area contributed by atoms with Gasteiger partial charge in [0.2, 0.25) is 0 Å². The van der Waals surface area contributed by atoms with Crippen LogP contribution >= 0.6 is 0 Å². The number of hydrogen-bond acceptors (Lipinski definition) is 4. The van der Waals surface area contributed by atoms with Gasteiger partial charge < -0.3 is 14.6 Å². The molecular formula is C23H23FN2O3. The van der Waals surface area contributed by atoms with E-state index in [2.05, 4.69) is 5.32 Å². The van der Waals surface area contributed by atoms with E-state index in [4.69, 9.17) is 4.74 Å². The second-order valence-corrected chi connectivity index (χ2v) is 6.64. The summed E-state index contributed by atoms with van der Waals surface area (Å²) < 4.78 is 20.2. The highest BCUT2D eigenvalue weighted by molar-refractivity contribution is 6.02. The number of hydrogen-bond donors (Lipinski definition) is 1. The van der Waals surface area contributed by atoms with Crippen molar-refractivity contribution in [3.63, 3.8) is 0 Å². The summed E-state index contributed by atoms with van der Waals surface area (Å²) in [6.45, 7) is 5.81. The first-order chi connectivity index (χ1) is 13.9. The number of nitrogens with one attached hydrogen (secondary N) is 1. The smallest absolute Gasteiger partial charge is 0.340 e. The molecule has 5 nitrogen and oxygen atoms in total. The summed E-state index contributed by atoms with van der Waals surface area (Å²) in [5, 5.41) is 3.04. The summed E-state index contributed by atoms with van der Waals surface area (Å²) in [7, 11) is 0. The van der Waals surface area contributed by atoms with Crippen LogP contribution in [0.15, 0.2) is 54.6 Å². The number of aromatic nitrogens is 1. The van der Waals surface area contributed by atoms with Crippen LogP contribution in [0.3, 0.4) is 0 Å². The van der Waals surface area contributed by atoms with E-state index in [0.29, 0.717) is 16.8 Å². The lowest BCUT2D eigenvalue weighted by molar-refractivity contribution is 0.0527. The van der Waals surface area contributed by atoms with E-state index in [1.54, 1.807) is 43.3 Å². The maximum atomic E-state index is 13.2. The number of anilines is 1. The van der Waals surface area contributed by atoms with Gasteiger partial charge in [-0.2, -0.15) is 0 Å². The van der Waals surface area contributed by atoms with Crippen LogP contribution in [0, 0.1) is 19.7 Å². The molecule has 0 amide bonds. The van der Waals surface area contributed by atoms with Crippen LogP contribution in [-0.2, 0) is 4.74 Å². The monoisotopic (exact) mass is 394 g/mol. The molecule has 0 radical (unpaired) electrons. The molecule has 0 aliphatic carbocycles. The van der Waals surface area contributed by atoms with Gasteiger partial charge in [0.25, 0.3) is 0 Å². The summed E-state index contributed by atoms with van der Waals surface area (Å²) in [6.07, 6.45) is 0. The highest BCUT2D eigenvalue weighted by Gasteiger charge is 2.18. The Balaban J connectivity index is 1.80. The van der Waals surface area contributed by atoms with Crippen LogP contribution in [0.4, 0.5) is 10.1 Å². The second kappa shape index (κ2) is 8.73. The fourth-order valence-corrected chi connectivity index (χ4v) is 3.33. The number of aryl methyl sites for hydroxylation is 1. The van der Waals surface area contributed by atoms with Crippen molar-refractivity contribution in [2.45, 2.75) is 20.8 Å². The molecular weight excluding hydrogens is 371 g/mol. The predicted octanol–water partition coefficient (Wildman–Crippen LogP) is 4.70. The van der Waals surface area contributed by atoms with E-state index < -0.39 is 5.97 Å². The van der Waals surface area contributed by atoms with E-state index in [1.807, 2.05) is 24.5 Å². The van der Waals surface area contributed by atoms with Crippen LogP contribution in [0.5, 0.6) is 0 Å². The third-order valence-electron chi connectivity index (χ3n) is 4.68.